The van der Waals surface area contributed by atoms with Crippen LogP contribution in [0.25, 0.3) is 10.4 Å². The Labute approximate surface area is 170 Å². The van der Waals surface area contributed by atoms with Gasteiger partial charge in [-0.25, -0.2) is 4.79 Å². The number of carboxylic acids is 1. The molecule has 0 aliphatic rings. The zero-order chi connectivity index (χ0) is 19.4. The van der Waals surface area contributed by atoms with Crippen molar-refractivity contribution in [2.24, 2.45) is 0 Å². The Balaban J connectivity index is 1.79. The number of rotatable bonds is 6. The lowest BCUT2D eigenvalue weighted by molar-refractivity contribution is -0.116. The summed E-state index contributed by atoms with van der Waals surface area (Å²) in [6.07, 6.45) is 0.847. The molecule has 1 aromatic heterocycles. The number of carbonyl (C=O) groups is 2. The number of aryl methyl sites for hydroxylation is 1. The van der Waals surface area contributed by atoms with Gasteiger partial charge in [0.05, 0.1) is 20.6 Å². The highest BCUT2D eigenvalue weighted by molar-refractivity contribution is 7.14. The molecule has 0 bridgehead atoms. The summed E-state index contributed by atoms with van der Waals surface area (Å²) in [5, 5.41) is 14.7. The van der Waals surface area contributed by atoms with Crippen LogP contribution in [-0.4, -0.2) is 17.0 Å². The number of carbonyl (C=O) groups excluding carboxylic acids is 1. The molecule has 138 valence electrons. The van der Waals surface area contributed by atoms with Gasteiger partial charge in [-0.1, -0.05) is 59.6 Å². The van der Waals surface area contributed by atoms with Gasteiger partial charge in [0, 0.05) is 11.8 Å². The van der Waals surface area contributed by atoms with Crippen molar-refractivity contribution in [3.8, 4) is 10.4 Å². The van der Waals surface area contributed by atoms with E-state index >= 15 is 0 Å². The second-order valence-corrected chi connectivity index (χ2v) is 7.52. The first-order chi connectivity index (χ1) is 13.0. The van der Waals surface area contributed by atoms with E-state index in [1.165, 1.54) is 11.3 Å². The van der Waals surface area contributed by atoms with Gasteiger partial charge in [0.15, 0.2) is 0 Å². The molecule has 0 saturated carbocycles. The number of carboxylic acid groups (broad SMARTS) is 1. The number of hydrogen-bond acceptors (Lipinski definition) is 3. The number of amides is 1. The molecule has 1 amide bonds. The third-order valence-corrected chi connectivity index (χ3v) is 5.71. The van der Waals surface area contributed by atoms with Crippen molar-refractivity contribution < 1.29 is 14.7 Å². The summed E-state index contributed by atoms with van der Waals surface area (Å²) >= 11 is 13.2. The number of nitrogens with one attached hydrogen (secondary N) is 1. The molecule has 27 heavy (non-hydrogen) atoms. The summed E-state index contributed by atoms with van der Waals surface area (Å²) in [6.45, 7) is 0. The molecule has 0 aliphatic heterocycles. The molecular formula is C20H15Cl2NO3S. The Morgan fingerprint density at radius 3 is 2.44 bits per heavy atom. The van der Waals surface area contributed by atoms with Crippen molar-refractivity contribution in [1.82, 2.24) is 0 Å². The van der Waals surface area contributed by atoms with E-state index in [1.807, 2.05) is 30.3 Å². The maximum Gasteiger partial charge on any atom is 0.339 e. The fourth-order valence-electron chi connectivity index (χ4n) is 2.63. The van der Waals surface area contributed by atoms with Crippen LogP contribution < -0.4 is 5.32 Å². The molecule has 0 fully saturated rings. The first kappa shape index (κ1) is 19.4. The lowest BCUT2D eigenvalue weighted by Crippen LogP contribution is -2.14. The summed E-state index contributed by atoms with van der Waals surface area (Å²) in [7, 11) is 0. The van der Waals surface area contributed by atoms with E-state index in [4.69, 9.17) is 23.2 Å². The molecule has 2 N–H and O–H groups in total. The van der Waals surface area contributed by atoms with Crippen LogP contribution in [-0.2, 0) is 11.2 Å². The van der Waals surface area contributed by atoms with Gasteiger partial charge in [-0.2, -0.15) is 0 Å². The molecule has 0 aliphatic carbocycles. The van der Waals surface area contributed by atoms with Crippen molar-refractivity contribution in [1.29, 1.82) is 0 Å². The van der Waals surface area contributed by atoms with E-state index in [-0.39, 0.29) is 23.6 Å². The van der Waals surface area contributed by atoms with Gasteiger partial charge < -0.3 is 10.4 Å². The molecule has 7 heteroatoms. The van der Waals surface area contributed by atoms with Gasteiger partial charge in [0.25, 0.3) is 0 Å². The molecule has 0 radical (unpaired) electrons. The quantitative estimate of drug-likeness (QED) is 0.515. The first-order valence-electron chi connectivity index (χ1n) is 8.09. The molecule has 3 rings (SSSR count). The number of anilines is 1. The van der Waals surface area contributed by atoms with E-state index in [1.54, 1.807) is 23.6 Å². The largest absolute Gasteiger partial charge is 0.478 e. The Kier molecular flexibility index (Phi) is 6.16. The molecule has 4 nitrogen and oxygen atoms in total. The minimum atomic E-state index is -1.12. The van der Waals surface area contributed by atoms with Gasteiger partial charge in [-0.05, 0) is 29.7 Å². The second kappa shape index (κ2) is 8.57. The molecule has 3 aromatic rings. The van der Waals surface area contributed by atoms with Crippen LogP contribution in [0.3, 0.4) is 0 Å². The number of hydrogen-bond donors (Lipinski definition) is 2. The zero-order valence-corrected chi connectivity index (χ0v) is 16.4. The lowest BCUT2D eigenvalue weighted by Gasteiger charge is -2.07. The van der Waals surface area contributed by atoms with Crippen LogP contribution in [0.2, 0.25) is 10.0 Å². The predicted octanol–water partition coefficient (Wildman–Crippen LogP) is 5.99. The van der Waals surface area contributed by atoms with E-state index in [0.717, 1.165) is 5.56 Å². The van der Waals surface area contributed by atoms with E-state index < -0.39 is 5.97 Å². The van der Waals surface area contributed by atoms with Crippen molar-refractivity contribution in [2.75, 3.05) is 5.32 Å². The van der Waals surface area contributed by atoms with Crippen molar-refractivity contribution in [2.45, 2.75) is 12.8 Å². The molecule has 1 heterocycles. The second-order valence-electron chi connectivity index (χ2n) is 5.82. The fourth-order valence-corrected chi connectivity index (χ4v) is 3.92. The number of benzene rings is 2. The van der Waals surface area contributed by atoms with Gasteiger partial charge in [0.2, 0.25) is 5.91 Å². The van der Waals surface area contributed by atoms with E-state index in [0.29, 0.717) is 26.9 Å². The summed E-state index contributed by atoms with van der Waals surface area (Å²) in [5.74, 6) is -1.35. The normalized spacial score (nSPS) is 10.6. The Morgan fingerprint density at radius 1 is 1.04 bits per heavy atom. The lowest BCUT2D eigenvalue weighted by atomic mass is 10.1. The van der Waals surface area contributed by atoms with Crippen LogP contribution in [0.5, 0.6) is 0 Å². The highest BCUT2D eigenvalue weighted by Crippen LogP contribution is 2.38. The SMILES string of the molecule is O=C(CCc1ccccc1)Nc1csc(-c2ccc(Cl)c(Cl)c2)c1C(=O)O. The predicted molar refractivity (Wildman–Crippen MR) is 110 cm³/mol. The van der Waals surface area contributed by atoms with Gasteiger partial charge in [-0.3, -0.25) is 4.79 Å². The number of aromatic carboxylic acids is 1. The minimum absolute atomic E-state index is 0.0476. The van der Waals surface area contributed by atoms with Crippen LogP contribution >= 0.6 is 34.5 Å². The Hall–Kier alpha value is -2.34. The molecule has 0 unspecified atom stereocenters. The topological polar surface area (TPSA) is 66.4 Å². The zero-order valence-electron chi connectivity index (χ0n) is 14.0. The molecular weight excluding hydrogens is 405 g/mol. The maximum atomic E-state index is 12.3. The summed E-state index contributed by atoms with van der Waals surface area (Å²) < 4.78 is 0. The number of halogens is 2. The molecule has 2 aromatic carbocycles. The van der Waals surface area contributed by atoms with Crippen LogP contribution in [0, 0.1) is 0 Å². The molecule has 0 saturated heterocycles. The summed E-state index contributed by atoms with van der Waals surface area (Å²) in [5.41, 5.74) is 2.02. The van der Waals surface area contributed by atoms with Gasteiger partial charge in [0.1, 0.15) is 5.56 Å². The van der Waals surface area contributed by atoms with Crippen LogP contribution in [0.4, 0.5) is 5.69 Å². The summed E-state index contributed by atoms with van der Waals surface area (Å²) in [4.78, 5) is 24.6. The van der Waals surface area contributed by atoms with Gasteiger partial charge in [-0.15, -0.1) is 11.3 Å². The van der Waals surface area contributed by atoms with E-state index in [9.17, 15) is 14.7 Å². The average molecular weight is 420 g/mol. The fraction of sp³-hybridized carbons (Fsp3) is 0.100. The van der Waals surface area contributed by atoms with Crippen molar-refractivity contribution >= 4 is 52.1 Å². The summed E-state index contributed by atoms with van der Waals surface area (Å²) in [6, 6.07) is 14.6. The highest BCUT2D eigenvalue weighted by atomic mass is 35.5. The standard InChI is InChI=1S/C20H15Cl2NO3S/c21-14-8-7-13(10-15(14)22)19-18(20(25)26)16(11-27-19)23-17(24)9-6-12-4-2-1-3-5-12/h1-5,7-8,10-11H,6,9H2,(H,23,24)(H,25,26). The number of thiophene rings is 1. The van der Waals surface area contributed by atoms with Gasteiger partial charge >= 0.3 is 5.97 Å². The van der Waals surface area contributed by atoms with Crippen LogP contribution in [0.15, 0.2) is 53.9 Å². The van der Waals surface area contributed by atoms with Crippen molar-refractivity contribution in [3.05, 3.63) is 75.1 Å². The third-order valence-electron chi connectivity index (χ3n) is 3.94. The van der Waals surface area contributed by atoms with E-state index in [2.05, 4.69) is 5.32 Å². The first-order valence-corrected chi connectivity index (χ1v) is 9.73. The highest BCUT2D eigenvalue weighted by Gasteiger charge is 2.21. The molecule has 0 spiro atoms. The maximum absolute atomic E-state index is 12.3. The minimum Gasteiger partial charge on any atom is -0.478 e. The third kappa shape index (κ3) is 4.69. The Bertz CT molecular complexity index is 986. The Morgan fingerprint density at radius 2 is 1.78 bits per heavy atom. The molecule has 0 atom stereocenters. The van der Waals surface area contributed by atoms with Crippen LogP contribution in [0.1, 0.15) is 22.3 Å². The smallest absolute Gasteiger partial charge is 0.339 e. The monoisotopic (exact) mass is 419 g/mol. The average Bonchev–Trinajstić information content (AvgIpc) is 3.07. The van der Waals surface area contributed by atoms with Crippen molar-refractivity contribution in [3.63, 3.8) is 0 Å².